The number of imidazole rings is 1. The van der Waals surface area contributed by atoms with Crippen LogP contribution in [0.2, 0.25) is 0 Å². The molecule has 1 N–H and O–H groups in total. The third kappa shape index (κ3) is 3.26. The van der Waals surface area contributed by atoms with E-state index in [1.54, 1.807) is 0 Å². The number of unbranched alkanes of at least 4 members (excludes halogenated alkanes) is 1. The summed E-state index contributed by atoms with van der Waals surface area (Å²) in [5, 5.41) is 1.94. The van der Waals surface area contributed by atoms with Gasteiger partial charge in [-0.1, -0.05) is 43.3 Å². The number of para-hydroxylation sites is 1. The SMILES string of the molecule is CCCCn1c(SCC(=O)c2c[nH]c3ccccc23)nc(C)c1C. The molecular weight excluding hydrogens is 318 g/mol. The van der Waals surface area contributed by atoms with Crippen LogP contribution < -0.4 is 0 Å². The zero-order chi connectivity index (χ0) is 17.1. The van der Waals surface area contributed by atoms with Crippen LogP contribution in [0.5, 0.6) is 0 Å². The highest BCUT2D eigenvalue weighted by Gasteiger charge is 2.16. The largest absolute Gasteiger partial charge is 0.360 e. The Hall–Kier alpha value is -2.01. The molecule has 3 aromatic rings. The Morgan fingerprint density at radius 2 is 2.08 bits per heavy atom. The summed E-state index contributed by atoms with van der Waals surface area (Å²) in [7, 11) is 0. The van der Waals surface area contributed by atoms with Crippen LogP contribution in [-0.2, 0) is 6.54 Å². The van der Waals surface area contributed by atoms with Gasteiger partial charge in [0.05, 0.1) is 11.4 Å². The van der Waals surface area contributed by atoms with Crippen LogP contribution in [0.15, 0.2) is 35.6 Å². The van der Waals surface area contributed by atoms with Gasteiger partial charge in [-0.3, -0.25) is 4.79 Å². The van der Waals surface area contributed by atoms with E-state index in [-0.39, 0.29) is 5.78 Å². The fourth-order valence-electron chi connectivity index (χ4n) is 2.82. The summed E-state index contributed by atoms with van der Waals surface area (Å²) in [4.78, 5) is 20.4. The molecule has 4 nitrogen and oxygen atoms in total. The Balaban J connectivity index is 1.76. The Labute approximate surface area is 146 Å². The lowest BCUT2D eigenvalue weighted by Gasteiger charge is -2.08. The minimum Gasteiger partial charge on any atom is -0.360 e. The molecule has 0 bridgehead atoms. The lowest BCUT2D eigenvalue weighted by atomic mass is 10.1. The molecule has 0 amide bonds. The molecule has 0 saturated carbocycles. The minimum atomic E-state index is 0.137. The fraction of sp³-hybridized carbons (Fsp3) is 0.368. The van der Waals surface area contributed by atoms with Gasteiger partial charge in [-0.05, 0) is 26.3 Å². The van der Waals surface area contributed by atoms with Gasteiger partial charge >= 0.3 is 0 Å². The van der Waals surface area contributed by atoms with Crippen molar-refractivity contribution in [1.82, 2.24) is 14.5 Å². The van der Waals surface area contributed by atoms with Crippen LogP contribution in [0.4, 0.5) is 0 Å². The number of fused-ring (bicyclic) bond motifs is 1. The van der Waals surface area contributed by atoms with Crippen molar-refractivity contribution in [2.75, 3.05) is 5.75 Å². The maximum atomic E-state index is 12.6. The van der Waals surface area contributed by atoms with Gasteiger partial charge in [0.15, 0.2) is 10.9 Å². The van der Waals surface area contributed by atoms with Crippen LogP contribution >= 0.6 is 11.8 Å². The monoisotopic (exact) mass is 341 g/mol. The van der Waals surface area contributed by atoms with E-state index in [0.717, 1.165) is 46.7 Å². The molecule has 0 unspecified atom stereocenters. The standard InChI is InChI=1S/C19H23N3OS/c1-4-5-10-22-14(3)13(2)21-19(22)24-12-18(23)16-11-20-17-9-7-6-8-15(16)17/h6-9,11,20H,4-5,10,12H2,1-3H3. The molecule has 0 spiro atoms. The lowest BCUT2D eigenvalue weighted by molar-refractivity contribution is 0.102. The Kier molecular flexibility index (Phi) is 5.09. The van der Waals surface area contributed by atoms with Crippen molar-refractivity contribution in [3.63, 3.8) is 0 Å². The van der Waals surface area contributed by atoms with Crippen LogP contribution in [0.1, 0.15) is 41.5 Å². The highest BCUT2D eigenvalue weighted by Crippen LogP contribution is 2.25. The number of carbonyl (C=O) groups excluding carboxylic acids is 1. The maximum absolute atomic E-state index is 12.6. The van der Waals surface area contributed by atoms with Crippen molar-refractivity contribution in [2.45, 2.75) is 45.3 Å². The molecule has 0 aliphatic carbocycles. The van der Waals surface area contributed by atoms with Crippen LogP contribution in [0, 0.1) is 13.8 Å². The lowest BCUT2D eigenvalue weighted by Crippen LogP contribution is -2.06. The molecule has 0 radical (unpaired) electrons. The van der Waals surface area contributed by atoms with Gasteiger partial charge in [-0.25, -0.2) is 4.98 Å². The summed E-state index contributed by atoms with van der Waals surface area (Å²) in [6.45, 7) is 7.28. The van der Waals surface area contributed by atoms with Crippen molar-refractivity contribution in [3.8, 4) is 0 Å². The predicted octanol–water partition coefficient (Wildman–Crippen LogP) is 4.76. The Bertz CT molecular complexity index is 863. The maximum Gasteiger partial charge on any atom is 0.175 e. The summed E-state index contributed by atoms with van der Waals surface area (Å²) in [6, 6.07) is 7.91. The van der Waals surface area contributed by atoms with Crippen molar-refractivity contribution in [3.05, 3.63) is 47.4 Å². The molecule has 0 aliphatic heterocycles. The first kappa shape index (κ1) is 16.8. The summed E-state index contributed by atoms with van der Waals surface area (Å²) in [5.41, 5.74) is 4.01. The molecule has 0 fully saturated rings. The van der Waals surface area contributed by atoms with E-state index >= 15 is 0 Å². The summed E-state index contributed by atoms with van der Waals surface area (Å²) in [6.07, 6.45) is 4.09. The second kappa shape index (κ2) is 7.26. The normalized spacial score (nSPS) is 11.3. The number of aryl methyl sites for hydroxylation is 1. The van der Waals surface area contributed by atoms with Crippen molar-refractivity contribution < 1.29 is 4.79 Å². The number of nitrogens with zero attached hydrogens (tertiary/aromatic N) is 2. The molecule has 0 atom stereocenters. The van der Waals surface area contributed by atoms with E-state index in [4.69, 9.17) is 0 Å². The van der Waals surface area contributed by atoms with Gasteiger partial charge in [-0.2, -0.15) is 0 Å². The van der Waals surface area contributed by atoms with Crippen LogP contribution in [0.25, 0.3) is 10.9 Å². The summed E-state index contributed by atoms with van der Waals surface area (Å²) < 4.78 is 2.24. The summed E-state index contributed by atoms with van der Waals surface area (Å²) >= 11 is 1.54. The van der Waals surface area contributed by atoms with E-state index in [1.807, 2.05) is 37.4 Å². The number of H-pyrrole nitrogens is 1. The molecule has 24 heavy (non-hydrogen) atoms. The average Bonchev–Trinajstić information content (AvgIpc) is 3.13. The molecular formula is C19H23N3OS. The third-order valence-corrected chi connectivity index (χ3v) is 5.36. The molecule has 0 aliphatic rings. The molecule has 2 aromatic heterocycles. The molecule has 1 aromatic carbocycles. The molecule has 2 heterocycles. The summed E-state index contributed by atoms with van der Waals surface area (Å²) in [5.74, 6) is 0.543. The number of benzene rings is 1. The van der Waals surface area contributed by atoms with Crippen molar-refractivity contribution in [1.29, 1.82) is 0 Å². The number of aromatic nitrogens is 3. The van der Waals surface area contributed by atoms with E-state index < -0.39 is 0 Å². The van der Waals surface area contributed by atoms with Gasteiger partial charge in [0.1, 0.15) is 0 Å². The Morgan fingerprint density at radius 3 is 2.88 bits per heavy atom. The highest BCUT2D eigenvalue weighted by molar-refractivity contribution is 7.99. The van der Waals surface area contributed by atoms with E-state index in [2.05, 4.69) is 28.4 Å². The van der Waals surface area contributed by atoms with Gasteiger partial charge in [0.25, 0.3) is 0 Å². The molecule has 126 valence electrons. The zero-order valence-electron chi connectivity index (χ0n) is 14.4. The first-order valence-electron chi connectivity index (χ1n) is 8.37. The van der Waals surface area contributed by atoms with E-state index in [9.17, 15) is 4.79 Å². The number of Topliss-reactive ketones (excluding diaryl/α,β-unsaturated/α-hetero) is 1. The van der Waals surface area contributed by atoms with Crippen LogP contribution in [-0.4, -0.2) is 26.1 Å². The first-order chi connectivity index (χ1) is 11.6. The molecule has 0 saturated heterocycles. The number of hydrogen-bond donors (Lipinski definition) is 1. The number of aromatic amines is 1. The number of nitrogens with one attached hydrogen (secondary N) is 1. The van der Waals surface area contributed by atoms with Gasteiger partial charge in [0, 0.05) is 34.9 Å². The smallest absolute Gasteiger partial charge is 0.175 e. The molecule has 3 rings (SSSR count). The number of hydrogen-bond acceptors (Lipinski definition) is 3. The number of rotatable bonds is 7. The van der Waals surface area contributed by atoms with Gasteiger partial charge in [-0.15, -0.1) is 0 Å². The second-order valence-electron chi connectivity index (χ2n) is 6.03. The number of carbonyl (C=O) groups is 1. The average molecular weight is 341 g/mol. The quantitative estimate of drug-likeness (QED) is 0.498. The van der Waals surface area contributed by atoms with Crippen LogP contribution in [0.3, 0.4) is 0 Å². The first-order valence-corrected chi connectivity index (χ1v) is 9.36. The van der Waals surface area contributed by atoms with E-state index in [0.29, 0.717) is 5.75 Å². The van der Waals surface area contributed by atoms with Crippen molar-refractivity contribution >= 4 is 28.4 Å². The van der Waals surface area contributed by atoms with Gasteiger partial charge < -0.3 is 9.55 Å². The second-order valence-corrected chi connectivity index (χ2v) is 6.97. The van der Waals surface area contributed by atoms with Crippen molar-refractivity contribution in [2.24, 2.45) is 0 Å². The topological polar surface area (TPSA) is 50.7 Å². The van der Waals surface area contributed by atoms with E-state index in [1.165, 1.54) is 17.5 Å². The Morgan fingerprint density at radius 1 is 1.29 bits per heavy atom. The number of ketones is 1. The zero-order valence-corrected chi connectivity index (χ0v) is 15.2. The molecule has 5 heteroatoms. The fourth-order valence-corrected chi connectivity index (χ4v) is 3.82. The predicted molar refractivity (Wildman–Crippen MR) is 100.0 cm³/mol. The highest BCUT2D eigenvalue weighted by atomic mass is 32.2. The third-order valence-electron chi connectivity index (χ3n) is 4.38. The van der Waals surface area contributed by atoms with Gasteiger partial charge in [0.2, 0.25) is 0 Å². The minimum absolute atomic E-state index is 0.137. The number of thioether (sulfide) groups is 1.